The third-order valence-corrected chi connectivity index (χ3v) is 3.15. The van der Waals surface area contributed by atoms with Gasteiger partial charge in [0, 0.05) is 6.04 Å². The van der Waals surface area contributed by atoms with Crippen LogP contribution in [-0.2, 0) is 0 Å². The van der Waals surface area contributed by atoms with E-state index in [0.717, 1.165) is 17.9 Å². The molecule has 78 valence electrons. The fourth-order valence-corrected chi connectivity index (χ4v) is 1.79. The second kappa shape index (κ2) is 5.64. The number of hydrogen-bond acceptors (Lipinski definition) is 1. The van der Waals surface area contributed by atoms with Crippen LogP contribution in [0.15, 0.2) is 0 Å². The predicted octanol–water partition coefficient (Wildman–Crippen LogP) is 3.20. The van der Waals surface area contributed by atoms with Gasteiger partial charge in [-0.15, -0.1) is 0 Å². The Morgan fingerprint density at radius 1 is 1.23 bits per heavy atom. The quantitative estimate of drug-likeness (QED) is 0.639. The van der Waals surface area contributed by atoms with Gasteiger partial charge < -0.3 is 5.32 Å². The summed E-state index contributed by atoms with van der Waals surface area (Å²) in [6.07, 6.45) is 6.93. The zero-order valence-corrected chi connectivity index (χ0v) is 9.47. The van der Waals surface area contributed by atoms with Gasteiger partial charge in [-0.2, -0.15) is 0 Å². The van der Waals surface area contributed by atoms with E-state index in [1.165, 1.54) is 38.6 Å². The molecule has 1 rings (SSSR count). The van der Waals surface area contributed by atoms with Crippen LogP contribution in [0.3, 0.4) is 0 Å². The molecule has 0 amide bonds. The van der Waals surface area contributed by atoms with Crippen molar-refractivity contribution < 1.29 is 0 Å². The number of rotatable bonds is 7. The fourth-order valence-electron chi connectivity index (χ4n) is 1.79. The van der Waals surface area contributed by atoms with Crippen molar-refractivity contribution in [2.24, 2.45) is 11.8 Å². The van der Waals surface area contributed by atoms with Gasteiger partial charge in [-0.25, -0.2) is 0 Å². The van der Waals surface area contributed by atoms with Gasteiger partial charge in [0.2, 0.25) is 0 Å². The summed E-state index contributed by atoms with van der Waals surface area (Å²) in [6.45, 7) is 8.29. The van der Waals surface area contributed by atoms with Gasteiger partial charge in [-0.3, -0.25) is 0 Å². The Kier molecular flexibility index (Phi) is 4.79. The van der Waals surface area contributed by atoms with Crippen molar-refractivity contribution in [1.29, 1.82) is 0 Å². The van der Waals surface area contributed by atoms with Crippen LogP contribution in [0.2, 0.25) is 0 Å². The first-order valence-electron chi connectivity index (χ1n) is 5.95. The van der Waals surface area contributed by atoms with Crippen LogP contribution in [0, 0.1) is 11.8 Å². The van der Waals surface area contributed by atoms with E-state index in [1.54, 1.807) is 0 Å². The molecule has 0 spiro atoms. The molecule has 0 aromatic rings. The van der Waals surface area contributed by atoms with E-state index in [1.807, 2.05) is 0 Å². The van der Waals surface area contributed by atoms with E-state index in [2.05, 4.69) is 26.1 Å². The molecule has 0 radical (unpaired) electrons. The minimum atomic E-state index is 0.885. The molecule has 0 heterocycles. The van der Waals surface area contributed by atoms with E-state index in [9.17, 15) is 0 Å². The van der Waals surface area contributed by atoms with Crippen molar-refractivity contribution in [3.63, 3.8) is 0 Å². The van der Waals surface area contributed by atoms with Crippen LogP contribution >= 0.6 is 0 Å². The summed E-state index contributed by atoms with van der Waals surface area (Å²) in [5.41, 5.74) is 0. The third-order valence-electron chi connectivity index (χ3n) is 3.15. The van der Waals surface area contributed by atoms with E-state index >= 15 is 0 Å². The highest BCUT2D eigenvalue weighted by Crippen LogP contribution is 2.20. The lowest BCUT2D eigenvalue weighted by Gasteiger charge is -2.15. The van der Waals surface area contributed by atoms with Crippen LogP contribution in [-0.4, -0.2) is 12.6 Å². The van der Waals surface area contributed by atoms with Crippen molar-refractivity contribution >= 4 is 0 Å². The Balaban J connectivity index is 1.92. The minimum Gasteiger partial charge on any atom is -0.314 e. The molecule has 2 atom stereocenters. The maximum atomic E-state index is 3.58. The molecule has 1 fully saturated rings. The molecule has 0 bridgehead atoms. The van der Waals surface area contributed by atoms with Gasteiger partial charge in [0.25, 0.3) is 0 Å². The zero-order chi connectivity index (χ0) is 9.68. The summed E-state index contributed by atoms with van der Waals surface area (Å²) in [7, 11) is 0. The van der Waals surface area contributed by atoms with E-state index in [4.69, 9.17) is 0 Å². The first-order chi connectivity index (χ1) is 6.22. The summed E-state index contributed by atoms with van der Waals surface area (Å²) in [6, 6.07) is 0.885. The molecule has 13 heavy (non-hydrogen) atoms. The Labute approximate surface area is 83.3 Å². The highest BCUT2D eigenvalue weighted by molar-refractivity contribution is 4.80. The normalized spacial score (nSPS) is 21.5. The molecule has 1 nitrogen and oxygen atoms in total. The summed E-state index contributed by atoms with van der Waals surface area (Å²) < 4.78 is 0. The van der Waals surface area contributed by atoms with Crippen molar-refractivity contribution in [1.82, 2.24) is 5.32 Å². The molecule has 1 heteroatoms. The summed E-state index contributed by atoms with van der Waals surface area (Å²) in [4.78, 5) is 0. The van der Waals surface area contributed by atoms with Gasteiger partial charge in [-0.05, 0) is 44.1 Å². The Morgan fingerprint density at radius 2 is 1.92 bits per heavy atom. The van der Waals surface area contributed by atoms with Gasteiger partial charge in [0.15, 0.2) is 0 Å². The van der Waals surface area contributed by atoms with Crippen LogP contribution in [0.1, 0.15) is 52.9 Å². The SMILES string of the molecule is CCC(C)CC(C)CCNC1CC1. The Bertz CT molecular complexity index is 129. The molecule has 1 aliphatic rings. The topological polar surface area (TPSA) is 12.0 Å². The number of hydrogen-bond donors (Lipinski definition) is 1. The molecule has 0 aliphatic heterocycles. The summed E-state index contributed by atoms with van der Waals surface area (Å²) >= 11 is 0. The monoisotopic (exact) mass is 183 g/mol. The first-order valence-corrected chi connectivity index (χ1v) is 5.95. The highest BCUT2D eigenvalue weighted by Gasteiger charge is 2.20. The summed E-state index contributed by atoms with van der Waals surface area (Å²) in [5.74, 6) is 1.82. The Morgan fingerprint density at radius 3 is 2.46 bits per heavy atom. The first kappa shape index (κ1) is 11.0. The fraction of sp³-hybridized carbons (Fsp3) is 1.00. The van der Waals surface area contributed by atoms with E-state index in [0.29, 0.717) is 0 Å². The zero-order valence-electron chi connectivity index (χ0n) is 9.47. The smallest absolute Gasteiger partial charge is 0.00682 e. The lowest BCUT2D eigenvalue weighted by molar-refractivity contribution is 0.380. The second-order valence-electron chi connectivity index (χ2n) is 4.87. The van der Waals surface area contributed by atoms with Crippen LogP contribution in [0.25, 0.3) is 0 Å². The largest absolute Gasteiger partial charge is 0.314 e. The molecule has 1 saturated carbocycles. The van der Waals surface area contributed by atoms with E-state index < -0.39 is 0 Å². The molecular weight excluding hydrogens is 158 g/mol. The van der Waals surface area contributed by atoms with Gasteiger partial charge in [0.1, 0.15) is 0 Å². The second-order valence-corrected chi connectivity index (χ2v) is 4.87. The lowest BCUT2D eigenvalue weighted by atomic mass is 9.93. The summed E-state index contributed by atoms with van der Waals surface area (Å²) in [5, 5.41) is 3.58. The van der Waals surface area contributed by atoms with Crippen LogP contribution in [0.5, 0.6) is 0 Å². The van der Waals surface area contributed by atoms with Crippen molar-refractivity contribution in [3.05, 3.63) is 0 Å². The molecule has 1 aliphatic carbocycles. The van der Waals surface area contributed by atoms with Crippen molar-refractivity contribution in [2.45, 2.75) is 58.9 Å². The molecule has 0 aromatic heterocycles. The maximum Gasteiger partial charge on any atom is 0.00682 e. The average molecular weight is 183 g/mol. The Hall–Kier alpha value is -0.0400. The minimum absolute atomic E-state index is 0.885. The number of nitrogens with one attached hydrogen (secondary N) is 1. The molecule has 0 saturated heterocycles. The molecular formula is C12H25N. The van der Waals surface area contributed by atoms with Crippen LogP contribution in [0.4, 0.5) is 0 Å². The van der Waals surface area contributed by atoms with Gasteiger partial charge >= 0.3 is 0 Å². The van der Waals surface area contributed by atoms with Crippen LogP contribution < -0.4 is 5.32 Å². The molecule has 0 aromatic carbocycles. The maximum absolute atomic E-state index is 3.58. The van der Waals surface area contributed by atoms with Gasteiger partial charge in [0.05, 0.1) is 0 Å². The van der Waals surface area contributed by atoms with Crippen molar-refractivity contribution in [2.75, 3.05) is 6.54 Å². The standard InChI is InChI=1S/C12H25N/c1-4-10(2)9-11(3)7-8-13-12-5-6-12/h10-13H,4-9H2,1-3H3. The average Bonchev–Trinajstić information content (AvgIpc) is 2.88. The molecule has 2 unspecified atom stereocenters. The van der Waals surface area contributed by atoms with E-state index in [-0.39, 0.29) is 0 Å². The molecule has 1 N–H and O–H groups in total. The third kappa shape index (κ3) is 5.30. The van der Waals surface area contributed by atoms with Crippen molar-refractivity contribution in [3.8, 4) is 0 Å². The highest BCUT2D eigenvalue weighted by atomic mass is 14.9. The van der Waals surface area contributed by atoms with Gasteiger partial charge in [-0.1, -0.05) is 27.2 Å². The lowest BCUT2D eigenvalue weighted by Crippen LogP contribution is -2.20. The predicted molar refractivity (Wildman–Crippen MR) is 58.9 cm³/mol.